The van der Waals surface area contributed by atoms with Gasteiger partial charge in [0.2, 0.25) is 0 Å². The van der Waals surface area contributed by atoms with E-state index in [0.717, 1.165) is 12.1 Å². The molecule has 4 N–H and O–H groups in total. The van der Waals surface area contributed by atoms with Gasteiger partial charge in [0.25, 0.3) is 0 Å². The molecule has 0 amide bonds. The summed E-state index contributed by atoms with van der Waals surface area (Å²) in [5.41, 5.74) is -0.148. The van der Waals surface area contributed by atoms with E-state index in [-0.39, 0.29) is 17.1 Å². The van der Waals surface area contributed by atoms with Crippen LogP contribution in [0.3, 0.4) is 0 Å². The van der Waals surface area contributed by atoms with E-state index in [9.17, 15) is 25.2 Å². The lowest BCUT2D eigenvalue weighted by molar-refractivity contribution is 0.0736. The molecule has 0 aliphatic heterocycles. The number of phenols is 4. The zero-order chi connectivity index (χ0) is 16.6. The highest BCUT2D eigenvalue weighted by Crippen LogP contribution is 2.36. The molecule has 0 atom stereocenters. The van der Waals surface area contributed by atoms with Crippen molar-refractivity contribution >= 4 is 16.7 Å². The summed E-state index contributed by atoms with van der Waals surface area (Å²) < 4.78 is 5.24. The van der Waals surface area contributed by atoms with Gasteiger partial charge in [0.15, 0.2) is 17.2 Å². The molecule has 6 nitrogen and oxygen atoms in total. The third-order valence-corrected chi connectivity index (χ3v) is 3.32. The lowest BCUT2D eigenvalue weighted by Crippen LogP contribution is -2.08. The summed E-state index contributed by atoms with van der Waals surface area (Å²) in [6.45, 7) is 0. The normalized spacial score (nSPS) is 10.6. The number of ether oxygens (including phenoxy) is 1. The molecule has 23 heavy (non-hydrogen) atoms. The molecular weight excluding hydrogens is 300 g/mol. The first-order valence-electron chi connectivity index (χ1n) is 6.64. The van der Waals surface area contributed by atoms with Gasteiger partial charge in [-0.15, -0.1) is 0 Å². The number of hydrogen-bond donors (Lipinski definition) is 4. The molecule has 0 spiro atoms. The van der Waals surface area contributed by atoms with Crippen LogP contribution in [-0.2, 0) is 0 Å². The second-order valence-corrected chi connectivity index (χ2v) is 4.92. The summed E-state index contributed by atoms with van der Waals surface area (Å²) in [6, 6.07) is 11.8. The van der Waals surface area contributed by atoms with E-state index in [1.807, 2.05) is 0 Å². The predicted octanol–water partition coefficient (Wildman–Crippen LogP) is 2.88. The summed E-state index contributed by atoms with van der Waals surface area (Å²) in [4.78, 5) is 12.2. The molecule has 0 fully saturated rings. The topological polar surface area (TPSA) is 107 Å². The van der Waals surface area contributed by atoms with Crippen LogP contribution in [0.2, 0.25) is 0 Å². The minimum Gasteiger partial charge on any atom is -0.508 e. The van der Waals surface area contributed by atoms with Crippen molar-refractivity contribution in [1.82, 2.24) is 0 Å². The Hall–Kier alpha value is -3.41. The van der Waals surface area contributed by atoms with Gasteiger partial charge in [-0.3, -0.25) is 0 Å². The van der Waals surface area contributed by atoms with E-state index in [1.54, 1.807) is 24.3 Å². The first kappa shape index (κ1) is 14.5. The van der Waals surface area contributed by atoms with Crippen LogP contribution in [0.25, 0.3) is 10.8 Å². The van der Waals surface area contributed by atoms with E-state index >= 15 is 0 Å². The van der Waals surface area contributed by atoms with Gasteiger partial charge >= 0.3 is 5.97 Å². The van der Waals surface area contributed by atoms with Crippen LogP contribution in [0.5, 0.6) is 28.7 Å². The van der Waals surface area contributed by atoms with E-state index < -0.39 is 23.2 Å². The van der Waals surface area contributed by atoms with E-state index in [4.69, 9.17) is 4.74 Å². The number of benzene rings is 3. The van der Waals surface area contributed by atoms with Crippen LogP contribution in [0, 0.1) is 0 Å². The molecule has 0 heterocycles. The van der Waals surface area contributed by atoms with E-state index in [2.05, 4.69) is 0 Å². The molecule has 0 radical (unpaired) electrons. The Morgan fingerprint density at radius 3 is 2.22 bits per heavy atom. The number of phenolic OH excluding ortho intramolecular Hbond substituents is 4. The van der Waals surface area contributed by atoms with Crippen LogP contribution in [0.4, 0.5) is 0 Å². The summed E-state index contributed by atoms with van der Waals surface area (Å²) in [6.07, 6.45) is 0. The van der Waals surface area contributed by atoms with Crippen molar-refractivity contribution in [3.63, 3.8) is 0 Å². The Bertz CT molecular complexity index is 893. The van der Waals surface area contributed by atoms with Gasteiger partial charge in [-0.1, -0.05) is 24.3 Å². The van der Waals surface area contributed by atoms with Gasteiger partial charge in [-0.2, -0.15) is 0 Å². The van der Waals surface area contributed by atoms with Gasteiger partial charge in [0.1, 0.15) is 11.5 Å². The highest BCUT2D eigenvalue weighted by molar-refractivity contribution is 5.96. The van der Waals surface area contributed by atoms with Crippen molar-refractivity contribution in [2.75, 3.05) is 0 Å². The molecule has 0 aromatic heterocycles. The molecule has 0 saturated carbocycles. The van der Waals surface area contributed by atoms with Crippen LogP contribution >= 0.6 is 0 Å². The van der Waals surface area contributed by atoms with Crippen LogP contribution < -0.4 is 4.74 Å². The maximum atomic E-state index is 12.2. The summed E-state index contributed by atoms with van der Waals surface area (Å²) >= 11 is 0. The average Bonchev–Trinajstić information content (AvgIpc) is 2.51. The zero-order valence-electron chi connectivity index (χ0n) is 11.7. The minimum absolute atomic E-state index is 0.0668. The van der Waals surface area contributed by atoms with Crippen molar-refractivity contribution < 1.29 is 30.0 Å². The molecule has 3 aromatic carbocycles. The van der Waals surface area contributed by atoms with Crippen molar-refractivity contribution in [1.29, 1.82) is 0 Å². The number of esters is 1. The molecule has 0 saturated heterocycles. The molecule has 3 rings (SSSR count). The summed E-state index contributed by atoms with van der Waals surface area (Å²) in [7, 11) is 0. The highest BCUT2D eigenvalue weighted by Gasteiger charge is 2.16. The first-order chi connectivity index (χ1) is 11.0. The number of fused-ring (bicyclic) bond motifs is 1. The third-order valence-electron chi connectivity index (χ3n) is 3.32. The Morgan fingerprint density at radius 1 is 0.870 bits per heavy atom. The summed E-state index contributed by atoms with van der Waals surface area (Å²) in [5, 5.41) is 39.2. The SMILES string of the molecule is O=C(Oc1cc(O)cc2ccccc12)c1cc(O)c(O)c(O)c1. The number of carbonyl (C=O) groups is 1. The Balaban J connectivity index is 2.01. The average molecular weight is 312 g/mol. The van der Waals surface area contributed by atoms with Gasteiger partial charge in [0.05, 0.1) is 5.56 Å². The zero-order valence-corrected chi connectivity index (χ0v) is 11.7. The number of aromatic hydroxyl groups is 4. The maximum absolute atomic E-state index is 12.2. The fourth-order valence-corrected chi connectivity index (χ4v) is 2.23. The molecule has 6 heteroatoms. The Labute approximate surface area is 130 Å². The molecule has 0 aliphatic rings. The number of carbonyl (C=O) groups excluding carboxylic acids is 1. The highest BCUT2D eigenvalue weighted by atomic mass is 16.5. The van der Waals surface area contributed by atoms with Crippen LogP contribution in [0.15, 0.2) is 48.5 Å². The largest absolute Gasteiger partial charge is 0.508 e. The monoisotopic (exact) mass is 312 g/mol. The van der Waals surface area contributed by atoms with Crippen molar-refractivity contribution in [3.05, 3.63) is 54.1 Å². The molecular formula is C17H12O6. The van der Waals surface area contributed by atoms with Gasteiger partial charge in [0, 0.05) is 11.5 Å². The van der Waals surface area contributed by atoms with Crippen molar-refractivity contribution in [2.45, 2.75) is 0 Å². The minimum atomic E-state index is -0.855. The summed E-state index contributed by atoms with van der Waals surface area (Å²) in [5.74, 6) is -2.79. The lowest BCUT2D eigenvalue weighted by Gasteiger charge is -2.10. The van der Waals surface area contributed by atoms with Gasteiger partial charge in [-0.05, 0) is 23.6 Å². The smallest absolute Gasteiger partial charge is 0.343 e. The van der Waals surface area contributed by atoms with E-state index in [0.29, 0.717) is 10.8 Å². The first-order valence-corrected chi connectivity index (χ1v) is 6.64. The predicted molar refractivity (Wildman–Crippen MR) is 82.0 cm³/mol. The number of hydrogen-bond acceptors (Lipinski definition) is 6. The maximum Gasteiger partial charge on any atom is 0.343 e. The van der Waals surface area contributed by atoms with Gasteiger partial charge < -0.3 is 25.2 Å². The molecule has 116 valence electrons. The van der Waals surface area contributed by atoms with Crippen LogP contribution in [0.1, 0.15) is 10.4 Å². The lowest BCUT2D eigenvalue weighted by atomic mass is 10.1. The third kappa shape index (κ3) is 2.69. The Morgan fingerprint density at radius 2 is 1.52 bits per heavy atom. The molecule has 3 aromatic rings. The Kier molecular flexibility index (Phi) is 3.42. The molecule has 0 bridgehead atoms. The van der Waals surface area contributed by atoms with Gasteiger partial charge in [-0.25, -0.2) is 4.79 Å². The molecule has 0 unspecified atom stereocenters. The van der Waals surface area contributed by atoms with Crippen molar-refractivity contribution in [3.8, 4) is 28.7 Å². The van der Waals surface area contributed by atoms with Crippen LogP contribution in [-0.4, -0.2) is 26.4 Å². The fraction of sp³-hybridized carbons (Fsp3) is 0. The standard InChI is InChI=1S/C17H12O6/c18-11-5-9-3-1-2-4-12(9)15(8-11)23-17(22)10-6-13(19)16(21)14(20)7-10/h1-8,18-21H. The van der Waals surface area contributed by atoms with Crippen molar-refractivity contribution in [2.24, 2.45) is 0 Å². The second kappa shape index (κ2) is 5.42. The fourth-order valence-electron chi connectivity index (χ4n) is 2.23. The van der Waals surface area contributed by atoms with E-state index in [1.165, 1.54) is 12.1 Å². The second-order valence-electron chi connectivity index (χ2n) is 4.92. The molecule has 0 aliphatic carbocycles. The quantitative estimate of drug-likeness (QED) is 0.329. The number of rotatable bonds is 2.